The van der Waals surface area contributed by atoms with Gasteiger partial charge in [-0.1, -0.05) is 29.8 Å². The average molecular weight is 316 g/mol. The van der Waals surface area contributed by atoms with E-state index in [1.807, 2.05) is 0 Å². The van der Waals surface area contributed by atoms with Gasteiger partial charge in [0.1, 0.15) is 5.75 Å². The summed E-state index contributed by atoms with van der Waals surface area (Å²) in [5.74, 6) is -0.750. The van der Waals surface area contributed by atoms with E-state index < -0.39 is 0 Å². The number of carbonyl (C=O) groups is 2. The number of hydrogen-bond acceptors (Lipinski definition) is 3. The number of anilines is 1. The Balaban J connectivity index is 2.21. The van der Waals surface area contributed by atoms with E-state index in [1.54, 1.807) is 30.3 Å². The van der Waals surface area contributed by atoms with Gasteiger partial charge >= 0.3 is 0 Å². The van der Waals surface area contributed by atoms with Crippen molar-refractivity contribution in [3.8, 4) is 5.75 Å². The van der Waals surface area contributed by atoms with Gasteiger partial charge in [-0.2, -0.15) is 0 Å². The van der Waals surface area contributed by atoms with E-state index in [2.05, 4.69) is 5.32 Å². The molecule has 0 saturated carbocycles. The highest BCUT2D eigenvalue weighted by Gasteiger charge is 2.10. The van der Waals surface area contributed by atoms with Crippen LogP contribution in [0.15, 0.2) is 48.5 Å². The maximum absolute atomic E-state index is 12.2. The minimum atomic E-state index is -0.361. The number of benzene rings is 2. The monoisotopic (exact) mass is 315 g/mol. The van der Waals surface area contributed by atoms with Crippen molar-refractivity contribution in [3.05, 3.63) is 64.7 Å². The molecule has 0 unspecified atom stereocenters. The van der Waals surface area contributed by atoms with Crippen LogP contribution in [-0.4, -0.2) is 16.8 Å². The van der Waals surface area contributed by atoms with Gasteiger partial charge in [0.2, 0.25) is 5.91 Å². The fraction of sp³-hybridized carbons (Fsp3) is 0.0588. The summed E-state index contributed by atoms with van der Waals surface area (Å²) in [5.41, 5.74) is 1.39. The molecule has 2 aromatic rings. The van der Waals surface area contributed by atoms with Crippen molar-refractivity contribution < 1.29 is 14.7 Å². The Hall–Kier alpha value is -2.59. The maximum Gasteiger partial charge on any atom is 0.221 e. The molecule has 0 aliphatic rings. The summed E-state index contributed by atoms with van der Waals surface area (Å²) in [6, 6.07) is 11.3. The Morgan fingerprint density at radius 3 is 2.45 bits per heavy atom. The third-order valence-electron chi connectivity index (χ3n) is 2.88. The Morgan fingerprint density at radius 2 is 1.82 bits per heavy atom. The molecule has 0 radical (unpaired) electrons. The summed E-state index contributed by atoms with van der Waals surface area (Å²) < 4.78 is 0. The van der Waals surface area contributed by atoms with Crippen LogP contribution in [0, 0.1) is 0 Å². The van der Waals surface area contributed by atoms with Crippen LogP contribution in [0.2, 0.25) is 5.02 Å². The molecule has 1 amide bonds. The fourth-order valence-electron chi connectivity index (χ4n) is 1.85. The number of aromatic hydroxyl groups is 1. The zero-order valence-electron chi connectivity index (χ0n) is 11.8. The van der Waals surface area contributed by atoms with Gasteiger partial charge in [0, 0.05) is 17.6 Å². The van der Waals surface area contributed by atoms with Crippen LogP contribution < -0.4 is 5.32 Å². The van der Waals surface area contributed by atoms with Crippen molar-refractivity contribution in [2.24, 2.45) is 0 Å². The molecule has 0 bridgehead atoms. The zero-order chi connectivity index (χ0) is 16.1. The number of allylic oxidation sites excluding steroid dienone is 1. The maximum atomic E-state index is 12.2. The van der Waals surface area contributed by atoms with Gasteiger partial charge in [-0.05, 0) is 42.0 Å². The Morgan fingerprint density at radius 1 is 1.14 bits per heavy atom. The normalized spacial score (nSPS) is 10.6. The van der Waals surface area contributed by atoms with E-state index >= 15 is 0 Å². The average Bonchev–Trinajstić information content (AvgIpc) is 2.48. The van der Waals surface area contributed by atoms with Crippen molar-refractivity contribution >= 4 is 35.1 Å². The smallest absolute Gasteiger partial charge is 0.221 e. The lowest BCUT2D eigenvalue weighted by Gasteiger charge is -2.05. The van der Waals surface area contributed by atoms with Gasteiger partial charge < -0.3 is 10.4 Å². The van der Waals surface area contributed by atoms with Crippen LogP contribution in [-0.2, 0) is 4.79 Å². The second-order valence-electron chi connectivity index (χ2n) is 4.66. The number of phenols is 1. The van der Waals surface area contributed by atoms with Crippen LogP contribution in [0.5, 0.6) is 5.75 Å². The molecule has 0 fully saturated rings. The van der Waals surface area contributed by atoms with E-state index in [9.17, 15) is 14.7 Å². The topological polar surface area (TPSA) is 66.4 Å². The highest BCUT2D eigenvalue weighted by atomic mass is 35.5. The first kappa shape index (κ1) is 15.8. The second kappa shape index (κ2) is 6.91. The minimum Gasteiger partial charge on any atom is -0.507 e. The van der Waals surface area contributed by atoms with Gasteiger partial charge in [0.05, 0.1) is 5.56 Å². The summed E-state index contributed by atoms with van der Waals surface area (Å²) in [4.78, 5) is 23.2. The number of halogens is 1. The lowest BCUT2D eigenvalue weighted by molar-refractivity contribution is -0.114. The summed E-state index contributed by atoms with van der Waals surface area (Å²) in [6.45, 7) is 1.37. The number of rotatable bonds is 4. The van der Waals surface area contributed by atoms with E-state index in [1.165, 1.54) is 31.2 Å². The molecular weight excluding hydrogens is 302 g/mol. The summed E-state index contributed by atoms with van der Waals surface area (Å²) >= 11 is 5.79. The van der Waals surface area contributed by atoms with Crippen molar-refractivity contribution in [2.45, 2.75) is 6.92 Å². The molecular formula is C17H14ClNO3. The first-order valence-electron chi connectivity index (χ1n) is 6.54. The number of phenolic OH excluding ortho intramolecular Hbond substituents is 1. The van der Waals surface area contributed by atoms with Crippen molar-refractivity contribution in [2.75, 3.05) is 5.32 Å². The predicted octanol–water partition coefficient (Wildman–Crippen LogP) is 3.90. The zero-order valence-corrected chi connectivity index (χ0v) is 12.6. The molecule has 2 N–H and O–H groups in total. The molecule has 0 saturated heterocycles. The van der Waals surface area contributed by atoms with E-state index in [-0.39, 0.29) is 23.0 Å². The first-order chi connectivity index (χ1) is 10.5. The number of ketones is 1. The van der Waals surface area contributed by atoms with Crippen LogP contribution in [0.3, 0.4) is 0 Å². The van der Waals surface area contributed by atoms with Gasteiger partial charge in [-0.15, -0.1) is 0 Å². The molecule has 0 aromatic heterocycles. The molecule has 2 aromatic carbocycles. The quantitative estimate of drug-likeness (QED) is 0.511. The van der Waals surface area contributed by atoms with Crippen LogP contribution >= 0.6 is 11.6 Å². The van der Waals surface area contributed by atoms with Gasteiger partial charge in [0.25, 0.3) is 0 Å². The van der Waals surface area contributed by atoms with Crippen molar-refractivity contribution in [1.29, 1.82) is 0 Å². The lowest BCUT2D eigenvalue weighted by Crippen LogP contribution is -2.06. The van der Waals surface area contributed by atoms with Crippen LogP contribution in [0.1, 0.15) is 22.8 Å². The number of nitrogens with one attached hydrogen (secondary N) is 1. The molecule has 0 spiro atoms. The Labute approximate surface area is 133 Å². The Bertz CT molecular complexity index is 736. The van der Waals surface area contributed by atoms with Crippen molar-refractivity contribution in [1.82, 2.24) is 0 Å². The van der Waals surface area contributed by atoms with Crippen molar-refractivity contribution in [3.63, 3.8) is 0 Å². The predicted molar refractivity (Wildman–Crippen MR) is 87.2 cm³/mol. The number of amides is 1. The number of hydrogen-bond donors (Lipinski definition) is 2. The first-order valence-corrected chi connectivity index (χ1v) is 6.92. The van der Waals surface area contributed by atoms with Gasteiger partial charge in [-0.25, -0.2) is 0 Å². The largest absolute Gasteiger partial charge is 0.507 e. The van der Waals surface area contributed by atoms with E-state index in [4.69, 9.17) is 11.6 Å². The van der Waals surface area contributed by atoms with E-state index in [0.29, 0.717) is 10.7 Å². The summed E-state index contributed by atoms with van der Waals surface area (Å²) in [6.07, 6.45) is 2.99. The van der Waals surface area contributed by atoms with Crippen LogP contribution in [0.4, 0.5) is 5.69 Å². The molecule has 2 rings (SSSR count). The summed E-state index contributed by atoms with van der Waals surface area (Å²) in [5, 5.41) is 13.0. The molecule has 112 valence electrons. The third kappa shape index (κ3) is 4.20. The molecule has 22 heavy (non-hydrogen) atoms. The molecule has 0 atom stereocenters. The Kier molecular flexibility index (Phi) is 4.96. The van der Waals surface area contributed by atoms with Gasteiger partial charge in [0.15, 0.2) is 5.78 Å². The molecule has 4 nitrogen and oxygen atoms in total. The number of carbonyl (C=O) groups excluding carboxylic acids is 2. The lowest BCUT2D eigenvalue weighted by atomic mass is 10.1. The standard InChI is InChI=1S/C17H14ClNO3/c1-11(20)19-14-7-9-17(22)15(10-14)16(21)8-4-12-2-5-13(18)6-3-12/h2-10,22H,1H3,(H,19,20). The third-order valence-corrected chi connectivity index (χ3v) is 3.13. The molecule has 0 aliphatic heterocycles. The second-order valence-corrected chi connectivity index (χ2v) is 5.10. The highest BCUT2D eigenvalue weighted by Crippen LogP contribution is 2.23. The molecule has 5 heteroatoms. The molecule has 0 aliphatic carbocycles. The van der Waals surface area contributed by atoms with Crippen LogP contribution in [0.25, 0.3) is 6.08 Å². The highest BCUT2D eigenvalue weighted by molar-refractivity contribution is 6.30. The molecule has 0 heterocycles. The van der Waals surface area contributed by atoms with E-state index in [0.717, 1.165) is 5.56 Å². The SMILES string of the molecule is CC(=O)Nc1ccc(O)c(C(=O)C=Cc2ccc(Cl)cc2)c1. The summed E-state index contributed by atoms with van der Waals surface area (Å²) in [7, 11) is 0. The van der Waals surface area contributed by atoms with Gasteiger partial charge in [-0.3, -0.25) is 9.59 Å². The minimum absolute atomic E-state index is 0.122. The fourth-order valence-corrected chi connectivity index (χ4v) is 1.98.